The van der Waals surface area contributed by atoms with Gasteiger partial charge in [0.25, 0.3) is 0 Å². The minimum Gasteiger partial charge on any atom is -0.323 e. The quantitative estimate of drug-likeness (QED) is 0.803. The monoisotopic (exact) mass is 231 g/mol. The Morgan fingerprint density at radius 2 is 2.06 bits per heavy atom. The lowest BCUT2D eigenvalue weighted by molar-refractivity contribution is 0.565. The Morgan fingerprint density at radius 1 is 1.29 bits per heavy atom. The Labute approximate surface area is 103 Å². The number of unbranched alkanes of at least 4 members (excludes halogenated alkanes) is 2. The molecule has 0 bridgehead atoms. The van der Waals surface area contributed by atoms with Crippen LogP contribution in [0.5, 0.6) is 0 Å². The predicted octanol–water partition coefficient (Wildman–Crippen LogP) is 3.15. The van der Waals surface area contributed by atoms with E-state index in [1.807, 2.05) is 23.9 Å². The first kappa shape index (κ1) is 12.1. The van der Waals surface area contributed by atoms with Gasteiger partial charge in [-0.25, -0.2) is 0 Å². The van der Waals surface area contributed by atoms with Crippen LogP contribution in [0.1, 0.15) is 44.3 Å². The van der Waals surface area contributed by atoms with Crippen LogP contribution in [0.2, 0.25) is 0 Å². The van der Waals surface area contributed by atoms with Crippen molar-refractivity contribution < 1.29 is 0 Å². The highest BCUT2D eigenvalue weighted by Gasteiger charge is 2.14. The van der Waals surface area contributed by atoms with Gasteiger partial charge in [0, 0.05) is 18.5 Å². The molecule has 0 aliphatic rings. The molecule has 0 spiro atoms. The standard InChI is InChI=1S/C14H21N3/c1-3-4-5-9-12(15)14-11-8-6-7-10-13(11)17(2)16-14/h6-8,10,12H,3-5,9,15H2,1-2H3. The number of fused-ring (bicyclic) bond motifs is 1. The number of para-hydroxylation sites is 1. The molecule has 1 atom stereocenters. The molecule has 92 valence electrons. The van der Waals surface area contributed by atoms with Crippen LogP contribution in [0.3, 0.4) is 0 Å². The molecule has 2 aromatic rings. The largest absolute Gasteiger partial charge is 0.323 e. The molecule has 1 aromatic heterocycles. The summed E-state index contributed by atoms with van der Waals surface area (Å²) in [6.07, 6.45) is 4.69. The van der Waals surface area contributed by atoms with Gasteiger partial charge in [-0.2, -0.15) is 5.10 Å². The first-order chi connectivity index (χ1) is 8.24. The van der Waals surface area contributed by atoms with Crippen LogP contribution in [-0.4, -0.2) is 9.78 Å². The molecule has 1 heterocycles. The molecule has 0 fully saturated rings. The summed E-state index contributed by atoms with van der Waals surface area (Å²) in [5, 5.41) is 5.75. The molecule has 1 aromatic carbocycles. The number of rotatable bonds is 5. The molecule has 2 N–H and O–H groups in total. The average Bonchev–Trinajstić information content (AvgIpc) is 2.68. The van der Waals surface area contributed by atoms with Crippen LogP contribution in [-0.2, 0) is 7.05 Å². The second-order valence-corrected chi connectivity index (χ2v) is 4.63. The van der Waals surface area contributed by atoms with Gasteiger partial charge in [-0.05, 0) is 12.5 Å². The molecule has 0 aliphatic carbocycles. The van der Waals surface area contributed by atoms with E-state index in [0.29, 0.717) is 0 Å². The number of hydrogen-bond donors (Lipinski definition) is 1. The van der Waals surface area contributed by atoms with Crippen LogP contribution in [0.15, 0.2) is 24.3 Å². The fourth-order valence-electron chi connectivity index (χ4n) is 2.27. The number of benzene rings is 1. The molecular weight excluding hydrogens is 210 g/mol. The molecular formula is C14H21N3. The van der Waals surface area contributed by atoms with Crippen molar-refractivity contribution in [3.8, 4) is 0 Å². The third kappa shape index (κ3) is 2.50. The number of hydrogen-bond acceptors (Lipinski definition) is 2. The molecule has 1 unspecified atom stereocenters. The van der Waals surface area contributed by atoms with Crippen molar-refractivity contribution in [1.29, 1.82) is 0 Å². The Kier molecular flexibility index (Phi) is 3.79. The summed E-state index contributed by atoms with van der Waals surface area (Å²) < 4.78 is 1.92. The van der Waals surface area contributed by atoms with Gasteiger partial charge in [0.15, 0.2) is 0 Å². The lowest BCUT2D eigenvalue weighted by Gasteiger charge is -2.08. The Bertz CT molecular complexity index is 487. The number of nitrogens with two attached hydrogens (primary N) is 1. The van der Waals surface area contributed by atoms with Crippen LogP contribution in [0, 0.1) is 0 Å². The summed E-state index contributed by atoms with van der Waals surface area (Å²) >= 11 is 0. The zero-order valence-electron chi connectivity index (χ0n) is 10.7. The van der Waals surface area contributed by atoms with E-state index >= 15 is 0 Å². The normalized spacial score (nSPS) is 13.1. The Hall–Kier alpha value is -1.35. The summed E-state index contributed by atoms with van der Waals surface area (Å²) in [6.45, 7) is 2.21. The zero-order valence-corrected chi connectivity index (χ0v) is 10.7. The van der Waals surface area contributed by atoms with E-state index in [0.717, 1.165) is 17.6 Å². The summed E-state index contributed by atoms with van der Waals surface area (Å²) in [6, 6.07) is 8.34. The lowest BCUT2D eigenvalue weighted by Crippen LogP contribution is -2.11. The summed E-state index contributed by atoms with van der Waals surface area (Å²) in [7, 11) is 1.98. The fraction of sp³-hybridized carbons (Fsp3) is 0.500. The molecule has 17 heavy (non-hydrogen) atoms. The molecule has 0 aliphatic heterocycles. The highest BCUT2D eigenvalue weighted by Crippen LogP contribution is 2.24. The lowest BCUT2D eigenvalue weighted by atomic mass is 10.0. The highest BCUT2D eigenvalue weighted by atomic mass is 15.3. The Morgan fingerprint density at radius 3 is 2.82 bits per heavy atom. The van der Waals surface area contributed by atoms with Crippen molar-refractivity contribution in [2.75, 3.05) is 0 Å². The molecule has 3 nitrogen and oxygen atoms in total. The molecule has 3 heteroatoms. The molecule has 0 amide bonds. The molecule has 0 saturated heterocycles. The van der Waals surface area contributed by atoms with Gasteiger partial charge in [-0.15, -0.1) is 0 Å². The van der Waals surface area contributed by atoms with Crippen LogP contribution < -0.4 is 5.73 Å². The summed E-state index contributed by atoms with van der Waals surface area (Å²) in [4.78, 5) is 0. The third-order valence-corrected chi connectivity index (χ3v) is 3.26. The van der Waals surface area contributed by atoms with Gasteiger partial charge < -0.3 is 5.73 Å². The first-order valence-corrected chi connectivity index (χ1v) is 6.41. The zero-order chi connectivity index (χ0) is 12.3. The van der Waals surface area contributed by atoms with Crippen molar-refractivity contribution >= 4 is 10.9 Å². The van der Waals surface area contributed by atoms with Crippen molar-refractivity contribution in [3.05, 3.63) is 30.0 Å². The number of nitrogens with zero attached hydrogens (tertiary/aromatic N) is 2. The van der Waals surface area contributed by atoms with Crippen LogP contribution in [0.25, 0.3) is 10.9 Å². The highest BCUT2D eigenvalue weighted by molar-refractivity contribution is 5.82. The van der Waals surface area contributed by atoms with E-state index in [2.05, 4.69) is 24.2 Å². The van der Waals surface area contributed by atoms with Crippen molar-refractivity contribution in [1.82, 2.24) is 9.78 Å². The van der Waals surface area contributed by atoms with E-state index < -0.39 is 0 Å². The van der Waals surface area contributed by atoms with E-state index in [1.54, 1.807) is 0 Å². The van der Waals surface area contributed by atoms with Crippen molar-refractivity contribution in [2.45, 2.75) is 38.6 Å². The maximum absolute atomic E-state index is 6.24. The maximum Gasteiger partial charge on any atom is 0.0870 e. The number of aromatic nitrogens is 2. The van der Waals surface area contributed by atoms with E-state index in [4.69, 9.17) is 5.73 Å². The van der Waals surface area contributed by atoms with Gasteiger partial charge in [-0.3, -0.25) is 4.68 Å². The average molecular weight is 231 g/mol. The van der Waals surface area contributed by atoms with Crippen LogP contribution in [0.4, 0.5) is 0 Å². The Balaban J connectivity index is 2.23. The minimum atomic E-state index is 0.0626. The SMILES string of the molecule is CCCCCC(N)c1nn(C)c2ccccc12. The molecule has 0 radical (unpaired) electrons. The third-order valence-electron chi connectivity index (χ3n) is 3.26. The molecule has 0 saturated carbocycles. The first-order valence-electron chi connectivity index (χ1n) is 6.41. The van der Waals surface area contributed by atoms with Gasteiger partial charge >= 0.3 is 0 Å². The van der Waals surface area contributed by atoms with E-state index in [1.165, 1.54) is 24.6 Å². The second-order valence-electron chi connectivity index (χ2n) is 4.63. The molecule has 2 rings (SSSR count). The van der Waals surface area contributed by atoms with E-state index in [9.17, 15) is 0 Å². The predicted molar refractivity (Wildman–Crippen MR) is 71.8 cm³/mol. The van der Waals surface area contributed by atoms with Crippen LogP contribution >= 0.6 is 0 Å². The summed E-state index contributed by atoms with van der Waals surface area (Å²) in [5.74, 6) is 0. The minimum absolute atomic E-state index is 0.0626. The summed E-state index contributed by atoms with van der Waals surface area (Å²) in [5.41, 5.74) is 8.44. The van der Waals surface area contributed by atoms with E-state index in [-0.39, 0.29) is 6.04 Å². The second kappa shape index (κ2) is 5.32. The topological polar surface area (TPSA) is 43.8 Å². The maximum atomic E-state index is 6.24. The number of aryl methyl sites for hydroxylation is 1. The van der Waals surface area contributed by atoms with Crippen molar-refractivity contribution in [2.24, 2.45) is 12.8 Å². The van der Waals surface area contributed by atoms with Gasteiger partial charge in [0.05, 0.1) is 11.2 Å². The fourth-order valence-corrected chi connectivity index (χ4v) is 2.27. The van der Waals surface area contributed by atoms with Gasteiger partial charge in [0.2, 0.25) is 0 Å². The van der Waals surface area contributed by atoms with Gasteiger partial charge in [-0.1, -0.05) is 44.4 Å². The smallest absolute Gasteiger partial charge is 0.0870 e. The van der Waals surface area contributed by atoms with Crippen molar-refractivity contribution in [3.63, 3.8) is 0 Å². The van der Waals surface area contributed by atoms with Gasteiger partial charge in [0.1, 0.15) is 0 Å².